The summed E-state index contributed by atoms with van der Waals surface area (Å²) in [5.41, 5.74) is -0.0823. The number of rotatable bonds is 4. The van der Waals surface area contributed by atoms with Crippen LogP contribution >= 0.6 is 15.9 Å². The van der Waals surface area contributed by atoms with E-state index in [1.165, 1.54) is 0 Å². The maximum Gasteiger partial charge on any atom is 0.325 e. The quantitative estimate of drug-likeness (QED) is 0.490. The van der Waals surface area contributed by atoms with E-state index in [2.05, 4.69) is 21.2 Å². The van der Waals surface area contributed by atoms with Gasteiger partial charge in [-0.15, -0.1) is 0 Å². The van der Waals surface area contributed by atoms with Crippen LogP contribution in [0.4, 0.5) is 4.79 Å². The van der Waals surface area contributed by atoms with Crippen molar-refractivity contribution in [1.29, 1.82) is 0 Å². The zero-order valence-electron chi connectivity index (χ0n) is 15.1. The molecular weight excluding hydrogens is 420 g/mol. The third-order valence-electron chi connectivity index (χ3n) is 5.05. The maximum absolute atomic E-state index is 13.0. The summed E-state index contributed by atoms with van der Waals surface area (Å²) in [4.78, 5) is 39.2. The summed E-state index contributed by atoms with van der Waals surface area (Å²) in [6.07, 6.45) is 0. The number of nitrogens with zero attached hydrogens (tertiary/aromatic N) is 1. The Morgan fingerprint density at radius 3 is 2.50 bits per heavy atom. The number of ketones is 1. The van der Waals surface area contributed by atoms with Crippen molar-refractivity contribution in [1.82, 2.24) is 10.2 Å². The second-order valence-electron chi connectivity index (χ2n) is 6.94. The molecule has 5 nitrogen and oxygen atoms in total. The Morgan fingerprint density at radius 2 is 1.75 bits per heavy atom. The van der Waals surface area contributed by atoms with Gasteiger partial charge in [0, 0.05) is 10.0 Å². The molecule has 1 fully saturated rings. The molecule has 0 spiro atoms. The number of imide groups is 1. The van der Waals surface area contributed by atoms with Crippen LogP contribution in [-0.4, -0.2) is 29.2 Å². The lowest BCUT2D eigenvalue weighted by atomic mass is 9.92. The van der Waals surface area contributed by atoms with Crippen LogP contribution in [0.1, 0.15) is 22.8 Å². The number of hydrogen-bond donors (Lipinski definition) is 1. The summed E-state index contributed by atoms with van der Waals surface area (Å²) in [5, 5.41) is 4.68. The minimum absolute atomic E-state index is 0.284. The van der Waals surface area contributed by atoms with Crippen LogP contribution in [0.2, 0.25) is 0 Å². The van der Waals surface area contributed by atoms with Gasteiger partial charge < -0.3 is 5.32 Å². The van der Waals surface area contributed by atoms with Crippen LogP contribution in [0.15, 0.2) is 71.2 Å². The normalized spacial score (nSPS) is 19.1. The Labute approximate surface area is 170 Å². The molecule has 0 saturated carbocycles. The lowest BCUT2D eigenvalue weighted by Gasteiger charge is -2.22. The number of carbonyl (C=O) groups is 3. The number of hydrogen-bond acceptors (Lipinski definition) is 3. The molecule has 0 aromatic heterocycles. The first-order chi connectivity index (χ1) is 13.4. The molecule has 140 valence electrons. The van der Waals surface area contributed by atoms with E-state index in [0.29, 0.717) is 11.1 Å². The lowest BCUT2D eigenvalue weighted by molar-refractivity contribution is -0.130. The zero-order valence-corrected chi connectivity index (χ0v) is 16.7. The van der Waals surface area contributed by atoms with Crippen LogP contribution in [0.25, 0.3) is 10.8 Å². The second kappa shape index (κ2) is 6.87. The molecule has 0 radical (unpaired) electrons. The zero-order chi connectivity index (χ0) is 19.9. The topological polar surface area (TPSA) is 66.5 Å². The molecule has 4 rings (SSSR count). The van der Waals surface area contributed by atoms with Crippen molar-refractivity contribution in [3.8, 4) is 0 Å². The Hall–Kier alpha value is -2.99. The molecule has 1 heterocycles. The van der Waals surface area contributed by atoms with Crippen molar-refractivity contribution in [2.24, 2.45) is 0 Å². The maximum atomic E-state index is 13.0. The summed E-state index contributed by atoms with van der Waals surface area (Å²) in [6, 6.07) is 19.7. The molecule has 3 aromatic rings. The van der Waals surface area contributed by atoms with Gasteiger partial charge >= 0.3 is 6.03 Å². The van der Waals surface area contributed by atoms with Gasteiger partial charge in [0.1, 0.15) is 5.54 Å². The average Bonchev–Trinajstić information content (AvgIpc) is 2.91. The second-order valence-corrected chi connectivity index (χ2v) is 7.86. The lowest BCUT2D eigenvalue weighted by Crippen LogP contribution is -2.41. The molecule has 0 bridgehead atoms. The molecule has 1 aliphatic rings. The van der Waals surface area contributed by atoms with Gasteiger partial charge in [-0.05, 0) is 41.5 Å². The summed E-state index contributed by atoms with van der Waals surface area (Å²) < 4.78 is 0.805. The fourth-order valence-electron chi connectivity index (χ4n) is 3.43. The average molecular weight is 437 g/mol. The smallest absolute Gasteiger partial charge is 0.319 e. The van der Waals surface area contributed by atoms with Gasteiger partial charge in [0.25, 0.3) is 5.91 Å². The minimum Gasteiger partial charge on any atom is -0.319 e. The number of nitrogens with one attached hydrogen (secondary N) is 1. The van der Waals surface area contributed by atoms with E-state index in [0.717, 1.165) is 20.1 Å². The standard InChI is InChI=1S/C22H17BrN2O3/c1-22(17-7-4-8-18(23)12-17)20(27)25(21(28)24-22)13-19(26)16-10-9-14-5-2-3-6-15(14)11-16/h2-12H,13H2,1H3,(H,24,28). The number of urea groups is 1. The molecule has 6 heteroatoms. The summed E-state index contributed by atoms with van der Waals surface area (Å²) in [5.74, 6) is -0.725. The van der Waals surface area contributed by atoms with E-state index >= 15 is 0 Å². The Morgan fingerprint density at radius 1 is 1.00 bits per heavy atom. The highest BCUT2D eigenvalue weighted by Crippen LogP contribution is 2.30. The molecule has 3 amide bonds. The van der Waals surface area contributed by atoms with E-state index in [9.17, 15) is 14.4 Å². The van der Waals surface area contributed by atoms with Crippen molar-refractivity contribution in [2.75, 3.05) is 6.54 Å². The van der Waals surface area contributed by atoms with Crippen molar-refractivity contribution in [3.63, 3.8) is 0 Å². The van der Waals surface area contributed by atoms with Gasteiger partial charge in [-0.2, -0.15) is 0 Å². The number of Topliss-reactive ketones (excluding diaryl/α,β-unsaturated/α-hetero) is 1. The molecule has 1 N–H and O–H groups in total. The van der Waals surface area contributed by atoms with Crippen LogP contribution in [0.5, 0.6) is 0 Å². The Bertz CT molecular complexity index is 1130. The third-order valence-corrected chi connectivity index (χ3v) is 5.54. The first kappa shape index (κ1) is 18.4. The molecular formula is C22H17BrN2O3. The minimum atomic E-state index is -1.20. The highest BCUT2D eigenvalue weighted by atomic mass is 79.9. The van der Waals surface area contributed by atoms with Crippen LogP contribution < -0.4 is 5.32 Å². The van der Waals surface area contributed by atoms with Crippen molar-refractivity contribution >= 4 is 44.4 Å². The highest BCUT2D eigenvalue weighted by Gasteiger charge is 2.49. The monoisotopic (exact) mass is 436 g/mol. The molecule has 28 heavy (non-hydrogen) atoms. The molecule has 3 aromatic carbocycles. The van der Waals surface area contributed by atoms with Crippen molar-refractivity contribution in [2.45, 2.75) is 12.5 Å². The van der Waals surface area contributed by atoms with E-state index in [1.807, 2.05) is 36.4 Å². The number of carbonyl (C=O) groups excluding carboxylic acids is 3. The van der Waals surface area contributed by atoms with Crippen LogP contribution in [-0.2, 0) is 10.3 Å². The largest absolute Gasteiger partial charge is 0.325 e. The fourth-order valence-corrected chi connectivity index (χ4v) is 3.83. The molecule has 0 aliphatic carbocycles. The highest BCUT2D eigenvalue weighted by molar-refractivity contribution is 9.10. The number of benzene rings is 3. The van der Waals surface area contributed by atoms with Gasteiger partial charge in [-0.3, -0.25) is 14.5 Å². The van der Waals surface area contributed by atoms with Crippen molar-refractivity contribution in [3.05, 3.63) is 82.3 Å². The van der Waals surface area contributed by atoms with Crippen molar-refractivity contribution < 1.29 is 14.4 Å². The molecule has 1 aliphatic heterocycles. The van der Waals surface area contributed by atoms with E-state index in [1.54, 1.807) is 37.3 Å². The number of amides is 3. The predicted molar refractivity (Wildman–Crippen MR) is 110 cm³/mol. The molecule has 1 unspecified atom stereocenters. The number of fused-ring (bicyclic) bond motifs is 1. The third kappa shape index (κ3) is 3.10. The summed E-state index contributed by atoms with van der Waals surface area (Å²) >= 11 is 3.38. The van der Waals surface area contributed by atoms with Gasteiger partial charge in [0.05, 0.1) is 6.54 Å². The van der Waals surface area contributed by atoms with E-state index < -0.39 is 17.5 Å². The van der Waals surface area contributed by atoms with E-state index in [4.69, 9.17) is 0 Å². The van der Waals surface area contributed by atoms with Crippen LogP contribution in [0, 0.1) is 0 Å². The van der Waals surface area contributed by atoms with Gasteiger partial charge in [0.15, 0.2) is 5.78 Å². The van der Waals surface area contributed by atoms with E-state index in [-0.39, 0.29) is 12.3 Å². The van der Waals surface area contributed by atoms with Gasteiger partial charge in [-0.25, -0.2) is 4.79 Å². The fraction of sp³-hybridized carbons (Fsp3) is 0.136. The predicted octanol–water partition coefficient (Wildman–Crippen LogP) is 4.25. The first-order valence-electron chi connectivity index (χ1n) is 8.81. The Balaban J connectivity index is 1.59. The van der Waals surface area contributed by atoms with Gasteiger partial charge in [-0.1, -0.05) is 64.5 Å². The molecule has 1 atom stereocenters. The first-order valence-corrected chi connectivity index (χ1v) is 9.60. The SMILES string of the molecule is CC1(c2cccc(Br)c2)NC(=O)N(CC(=O)c2ccc3ccccc3c2)C1=O. The summed E-state index contributed by atoms with van der Waals surface area (Å²) in [6.45, 7) is 1.35. The van der Waals surface area contributed by atoms with Gasteiger partial charge in [0.2, 0.25) is 0 Å². The Kier molecular flexibility index (Phi) is 4.51. The van der Waals surface area contributed by atoms with Crippen LogP contribution in [0.3, 0.4) is 0 Å². The molecule has 1 saturated heterocycles. The number of halogens is 1. The summed E-state index contributed by atoms with van der Waals surface area (Å²) in [7, 11) is 0.